The number of hydrogen-bond donors (Lipinski definition) is 1. The van der Waals surface area contributed by atoms with E-state index in [1.807, 2.05) is 57.2 Å². The number of anilines is 1. The molecule has 0 aromatic heterocycles. The van der Waals surface area contributed by atoms with Crippen LogP contribution < -0.4 is 4.90 Å². The summed E-state index contributed by atoms with van der Waals surface area (Å²) in [6.45, 7) is 5.55. The molecule has 2 heterocycles. The molecule has 0 radical (unpaired) electrons. The average Bonchev–Trinajstić information content (AvgIpc) is 3.39. The smallest absolute Gasteiger partial charge is 0.246 e. The molecule has 1 N–H and O–H groups in total. The molecule has 3 aromatic rings. The highest BCUT2D eigenvalue weighted by molar-refractivity contribution is 6.32. The molecule has 2 aliphatic carbocycles. The van der Waals surface area contributed by atoms with Gasteiger partial charge in [0.1, 0.15) is 5.75 Å². The van der Waals surface area contributed by atoms with Gasteiger partial charge in [-0.1, -0.05) is 77.8 Å². The number of phenolic OH excluding ortho intramolecular Hbond substituents is 1. The number of carbonyl (C=O) groups excluding carboxylic acids is 4. The topological polar surface area (TPSA) is 95.0 Å². The molecule has 2 saturated heterocycles. The molecule has 6 atom stereocenters. The van der Waals surface area contributed by atoms with Crippen LogP contribution in [0.25, 0.3) is 0 Å². The van der Waals surface area contributed by atoms with E-state index >= 15 is 4.79 Å². The number of benzene rings is 3. The monoisotopic (exact) mass is 608 g/mol. The van der Waals surface area contributed by atoms with Crippen molar-refractivity contribution in [2.75, 3.05) is 4.90 Å². The third-order valence-corrected chi connectivity index (χ3v) is 10.3. The minimum absolute atomic E-state index is 0.00169. The van der Waals surface area contributed by atoms with Crippen molar-refractivity contribution < 1.29 is 24.3 Å². The molecule has 7 nitrogen and oxygen atoms in total. The first-order chi connectivity index (χ1) is 21.0. The molecule has 2 aliphatic heterocycles. The summed E-state index contributed by atoms with van der Waals surface area (Å²) >= 11 is 6.34. The summed E-state index contributed by atoms with van der Waals surface area (Å²) in [4.78, 5) is 60.2. The summed E-state index contributed by atoms with van der Waals surface area (Å²) in [6, 6.07) is 22.9. The van der Waals surface area contributed by atoms with Crippen LogP contribution in [0.15, 0.2) is 90.5 Å². The Morgan fingerprint density at radius 2 is 1.55 bits per heavy atom. The normalized spacial score (nSPS) is 29.8. The lowest BCUT2D eigenvalue weighted by Crippen LogP contribution is -2.53. The highest BCUT2D eigenvalue weighted by Gasteiger charge is 2.70. The van der Waals surface area contributed by atoms with E-state index in [0.29, 0.717) is 28.3 Å². The molecule has 7 rings (SSSR count). The summed E-state index contributed by atoms with van der Waals surface area (Å²) in [5.74, 6) is -4.52. The van der Waals surface area contributed by atoms with Gasteiger partial charge in [0.2, 0.25) is 23.6 Å². The molecule has 8 heteroatoms. The number of allylic oxidation sites excluding steroid dienone is 2. The van der Waals surface area contributed by atoms with Crippen molar-refractivity contribution >= 4 is 40.9 Å². The van der Waals surface area contributed by atoms with Crippen molar-refractivity contribution in [3.8, 4) is 5.75 Å². The first kappa shape index (κ1) is 28.5. The summed E-state index contributed by atoms with van der Waals surface area (Å²) in [5, 5.41) is 11.7. The zero-order valence-electron chi connectivity index (χ0n) is 24.7. The van der Waals surface area contributed by atoms with Gasteiger partial charge in [-0.15, -0.1) is 0 Å². The van der Waals surface area contributed by atoms with E-state index < -0.39 is 46.5 Å². The van der Waals surface area contributed by atoms with E-state index in [-0.39, 0.29) is 29.9 Å². The lowest BCUT2D eigenvalue weighted by atomic mass is 9.49. The maximum absolute atomic E-state index is 15.1. The van der Waals surface area contributed by atoms with Gasteiger partial charge in [-0.05, 0) is 69.4 Å². The van der Waals surface area contributed by atoms with Crippen LogP contribution in [0, 0.1) is 23.7 Å². The highest BCUT2D eigenvalue weighted by Crippen LogP contribution is 2.65. The van der Waals surface area contributed by atoms with Crippen molar-refractivity contribution in [3.05, 3.63) is 107 Å². The second-order valence-corrected chi connectivity index (χ2v) is 13.8. The number of amides is 4. The fourth-order valence-corrected chi connectivity index (χ4v) is 8.67. The third-order valence-electron chi connectivity index (χ3n) is 10.1. The Bertz CT molecular complexity index is 1760. The van der Waals surface area contributed by atoms with Gasteiger partial charge in [0.05, 0.1) is 28.9 Å². The SMILES string of the molecule is CC(C)(C)N1C(=O)[C@H]2[C@H](CC=C3[C@H]2C[C@H]2C(=O)N(c4cccc(Cl)c4)C(=O)[C@@]2(c2ccccc2)[C@H]3c2ccccc2O)C1=O. The van der Waals surface area contributed by atoms with E-state index in [0.717, 1.165) is 5.57 Å². The van der Waals surface area contributed by atoms with Crippen LogP contribution in [0.4, 0.5) is 5.69 Å². The van der Waals surface area contributed by atoms with E-state index in [4.69, 9.17) is 11.6 Å². The third kappa shape index (κ3) is 3.81. The van der Waals surface area contributed by atoms with Crippen LogP contribution in [-0.4, -0.2) is 39.2 Å². The molecule has 44 heavy (non-hydrogen) atoms. The Morgan fingerprint density at radius 3 is 2.23 bits per heavy atom. The Labute approximate surface area is 261 Å². The van der Waals surface area contributed by atoms with Crippen LogP contribution >= 0.6 is 11.6 Å². The van der Waals surface area contributed by atoms with E-state index in [1.54, 1.807) is 48.5 Å². The van der Waals surface area contributed by atoms with E-state index in [1.165, 1.54) is 9.80 Å². The number of hydrogen-bond acceptors (Lipinski definition) is 5. The number of carbonyl (C=O) groups is 4. The number of aromatic hydroxyl groups is 1. The second kappa shape index (κ2) is 9.89. The number of fused-ring (bicyclic) bond motifs is 4. The second-order valence-electron chi connectivity index (χ2n) is 13.3. The Balaban J connectivity index is 1.50. The Morgan fingerprint density at radius 1 is 0.841 bits per heavy atom. The molecule has 4 amide bonds. The fraction of sp³-hybridized carbons (Fsp3) is 0.333. The largest absolute Gasteiger partial charge is 0.508 e. The maximum Gasteiger partial charge on any atom is 0.246 e. The highest BCUT2D eigenvalue weighted by atomic mass is 35.5. The average molecular weight is 609 g/mol. The molecule has 224 valence electrons. The van der Waals surface area contributed by atoms with Crippen LogP contribution in [-0.2, 0) is 24.6 Å². The predicted octanol–water partition coefficient (Wildman–Crippen LogP) is 6.01. The van der Waals surface area contributed by atoms with E-state index in [2.05, 4.69) is 0 Å². The van der Waals surface area contributed by atoms with Gasteiger partial charge < -0.3 is 5.11 Å². The number of halogens is 1. The quantitative estimate of drug-likeness (QED) is 0.290. The van der Waals surface area contributed by atoms with Gasteiger partial charge in [-0.25, -0.2) is 4.90 Å². The summed E-state index contributed by atoms with van der Waals surface area (Å²) in [6.07, 6.45) is 2.55. The molecular formula is C36H33ClN2O5. The number of nitrogens with zero attached hydrogens (tertiary/aromatic N) is 2. The van der Waals surface area contributed by atoms with Gasteiger partial charge in [-0.2, -0.15) is 0 Å². The zero-order valence-corrected chi connectivity index (χ0v) is 25.5. The van der Waals surface area contributed by atoms with Crippen LogP contribution in [0.1, 0.15) is 50.7 Å². The van der Waals surface area contributed by atoms with Gasteiger partial charge in [0, 0.05) is 22.0 Å². The Kier molecular flexibility index (Phi) is 6.42. The first-order valence-corrected chi connectivity index (χ1v) is 15.4. The molecule has 0 bridgehead atoms. The molecule has 4 aliphatic rings. The zero-order chi connectivity index (χ0) is 31.1. The molecular weight excluding hydrogens is 576 g/mol. The number of rotatable bonds is 3. The van der Waals surface area contributed by atoms with Gasteiger partial charge >= 0.3 is 0 Å². The standard InChI is InChI=1S/C36H33ClN2O5/c1-35(2,3)39-31(41)25-17-16-23-26(29(25)33(39)43)19-27-32(42)38(22-13-9-12-21(37)18-22)34(44)36(27,20-10-5-4-6-11-20)30(23)24-14-7-8-15-28(24)40/h4-16,18,25-27,29-30,40H,17,19H2,1-3H3/t25-,26+,27-,29-,30+,36+/m0/s1. The lowest BCUT2D eigenvalue weighted by molar-refractivity contribution is -0.145. The van der Waals surface area contributed by atoms with Crippen molar-refractivity contribution in [1.29, 1.82) is 0 Å². The minimum Gasteiger partial charge on any atom is -0.508 e. The molecule has 1 saturated carbocycles. The van der Waals surface area contributed by atoms with Gasteiger partial charge in [0.15, 0.2) is 0 Å². The molecule has 0 spiro atoms. The first-order valence-electron chi connectivity index (χ1n) is 15.0. The van der Waals surface area contributed by atoms with Crippen molar-refractivity contribution in [3.63, 3.8) is 0 Å². The van der Waals surface area contributed by atoms with Crippen LogP contribution in [0.5, 0.6) is 5.75 Å². The van der Waals surface area contributed by atoms with E-state index in [9.17, 15) is 19.5 Å². The maximum atomic E-state index is 15.1. The van der Waals surface area contributed by atoms with Gasteiger partial charge in [-0.3, -0.25) is 24.1 Å². The molecule has 3 fully saturated rings. The van der Waals surface area contributed by atoms with Crippen LogP contribution in [0.2, 0.25) is 5.02 Å². The van der Waals surface area contributed by atoms with Gasteiger partial charge in [0.25, 0.3) is 0 Å². The summed E-state index contributed by atoms with van der Waals surface area (Å²) in [7, 11) is 0. The summed E-state index contributed by atoms with van der Waals surface area (Å²) < 4.78 is 0. The number of phenols is 1. The van der Waals surface area contributed by atoms with Crippen molar-refractivity contribution in [2.45, 2.75) is 50.5 Å². The number of likely N-dealkylation sites (tertiary alicyclic amines) is 1. The number of imide groups is 2. The summed E-state index contributed by atoms with van der Waals surface area (Å²) in [5.41, 5.74) is 0.243. The van der Waals surface area contributed by atoms with Crippen molar-refractivity contribution in [1.82, 2.24) is 4.90 Å². The number of para-hydroxylation sites is 1. The Hall–Kier alpha value is -4.23. The predicted molar refractivity (Wildman–Crippen MR) is 166 cm³/mol. The minimum atomic E-state index is -1.41. The van der Waals surface area contributed by atoms with Crippen molar-refractivity contribution in [2.24, 2.45) is 23.7 Å². The van der Waals surface area contributed by atoms with Crippen LogP contribution in [0.3, 0.4) is 0 Å². The fourth-order valence-electron chi connectivity index (χ4n) is 8.48. The molecule has 0 unspecified atom stereocenters. The lowest BCUT2D eigenvalue weighted by Gasteiger charge is -2.50. The molecule has 3 aromatic carbocycles.